The lowest BCUT2D eigenvalue weighted by molar-refractivity contribution is -0.143. The van der Waals surface area contributed by atoms with E-state index in [0.717, 1.165) is 12.8 Å². The molecule has 1 aliphatic carbocycles. The van der Waals surface area contributed by atoms with Crippen molar-refractivity contribution < 1.29 is 9.53 Å². The normalized spacial score (nSPS) is 17.4. The maximum atomic E-state index is 11.0. The van der Waals surface area contributed by atoms with Gasteiger partial charge < -0.3 is 4.74 Å². The highest BCUT2D eigenvalue weighted by atomic mass is 16.5. The Bertz CT molecular complexity index is 200. The number of rotatable bonds is 4. The van der Waals surface area contributed by atoms with E-state index in [1.165, 1.54) is 0 Å². The Kier molecular flexibility index (Phi) is 3.58. The fraction of sp³-hybridized carbons (Fsp3) is 0.500. The van der Waals surface area contributed by atoms with Crippen molar-refractivity contribution in [3.63, 3.8) is 0 Å². The molecule has 0 heterocycles. The van der Waals surface area contributed by atoms with Gasteiger partial charge in [0.25, 0.3) is 0 Å². The Labute approximate surface area is 72.9 Å². The first kappa shape index (κ1) is 9.04. The molecule has 0 unspecified atom stereocenters. The van der Waals surface area contributed by atoms with Crippen molar-refractivity contribution in [3.8, 4) is 0 Å². The monoisotopic (exact) mass is 166 g/mol. The first-order valence-electron chi connectivity index (χ1n) is 4.29. The molecule has 0 bridgehead atoms. The average molecular weight is 166 g/mol. The van der Waals surface area contributed by atoms with Crippen LogP contribution in [0.2, 0.25) is 0 Å². The summed E-state index contributed by atoms with van der Waals surface area (Å²) in [6.45, 7) is 2.35. The van der Waals surface area contributed by atoms with Crippen molar-refractivity contribution >= 4 is 5.97 Å². The fourth-order valence-electron chi connectivity index (χ4n) is 0.812. The summed E-state index contributed by atoms with van der Waals surface area (Å²) in [7, 11) is 0. The van der Waals surface area contributed by atoms with Crippen molar-refractivity contribution in [2.45, 2.75) is 19.8 Å². The van der Waals surface area contributed by atoms with Gasteiger partial charge in [-0.1, -0.05) is 18.2 Å². The number of carbonyl (C=O) groups excluding carboxylic acids is 1. The third kappa shape index (κ3) is 3.37. The van der Waals surface area contributed by atoms with Gasteiger partial charge in [-0.3, -0.25) is 4.79 Å². The molecule has 0 aromatic carbocycles. The van der Waals surface area contributed by atoms with Crippen molar-refractivity contribution in [1.29, 1.82) is 0 Å². The summed E-state index contributed by atoms with van der Waals surface area (Å²) in [4.78, 5) is 11.0. The Hall–Kier alpha value is -1.05. The molecule has 1 fully saturated rings. The highest BCUT2D eigenvalue weighted by molar-refractivity contribution is 5.74. The number of esters is 1. The second-order valence-electron chi connectivity index (χ2n) is 2.86. The van der Waals surface area contributed by atoms with Crippen LogP contribution in [0.15, 0.2) is 24.3 Å². The van der Waals surface area contributed by atoms with E-state index < -0.39 is 0 Å². The van der Waals surface area contributed by atoms with Gasteiger partial charge in [-0.2, -0.15) is 0 Å². The summed E-state index contributed by atoms with van der Waals surface area (Å²) in [6.07, 6.45) is 9.57. The van der Waals surface area contributed by atoms with Crippen LogP contribution in [0.4, 0.5) is 0 Å². The van der Waals surface area contributed by atoms with E-state index in [9.17, 15) is 4.79 Å². The van der Waals surface area contributed by atoms with E-state index in [-0.39, 0.29) is 11.9 Å². The van der Waals surface area contributed by atoms with Crippen molar-refractivity contribution in [2.75, 3.05) is 6.61 Å². The van der Waals surface area contributed by atoms with E-state index in [0.29, 0.717) is 6.61 Å². The van der Waals surface area contributed by atoms with Crippen LogP contribution in [-0.2, 0) is 9.53 Å². The Morgan fingerprint density at radius 3 is 2.83 bits per heavy atom. The lowest BCUT2D eigenvalue weighted by Crippen LogP contribution is -2.05. The predicted octanol–water partition coefficient (Wildman–Crippen LogP) is 2.07. The van der Waals surface area contributed by atoms with E-state index >= 15 is 0 Å². The molecule has 0 saturated heterocycles. The molecule has 1 rings (SSSR count). The highest BCUT2D eigenvalue weighted by Gasteiger charge is 2.30. The van der Waals surface area contributed by atoms with E-state index in [1.54, 1.807) is 0 Å². The van der Waals surface area contributed by atoms with Gasteiger partial charge in [0, 0.05) is 0 Å². The minimum Gasteiger partial charge on any atom is -0.461 e. The first-order valence-corrected chi connectivity index (χ1v) is 4.29. The molecule has 12 heavy (non-hydrogen) atoms. The molecule has 2 heteroatoms. The standard InChI is InChI=1S/C10H14O2/c1-2-3-4-5-8-12-10(11)9-6-7-9/h2-5,9H,6-8H2,1H3. The zero-order valence-corrected chi connectivity index (χ0v) is 7.32. The maximum absolute atomic E-state index is 11.0. The zero-order valence-electron chi connectivity index (χ0n) is 7.32. The fourth-order valence-corrected chi connectivity index (χ4v) is 0.812. The van der Waals surface area contributed by atoms with Crippen LogP contribution < -0.4 is 0 Å². The topological polar surface area (TPSA) is 26.3 Å². The molecule has 0 aliphatic heterocycles. The summed E-state index contributed by atoms with van der Waals surface area (Å²) >= 11 is 0. The molecular formula is C10H14O2. The van der Waals surface area contributed by atoms with Crippen LogP contribution in [0.25, 0.3) is 0 Å². The maximum Gasteiger partial charge on any atom is 0.309 e. The number of carbonyl (C=O) groups is 1. The number of hydrogen-bond donors (Lipinski definition) is 0. The van der Waals surface area contributed by atoms with Gasteiger partial charge in [-0.05, 0) is 25.8 Å². The van der Waals surface area contributed by atoms with Gasteiger partial charge in [0.05, 0.1) is 5.92 Å². The van der Waals surface area contributed by atoms with E-state index in [1.807, 2.05) is 31.2 Å². The predicted molar refractivity (Wildman–Crippen MR) is 47.6 cm³/mol. The largest absolute Gasteiger partial charge is 0.461 e. The molecule has 0 N–H and O–H groups in total. The Morgan fingerprint density at radius 2 is 2.25 bits per heavy atom. The van der Waals surface area contributed by atoms with Gasteiger partial charge in [0.1, 0.15) is 6.61 Å². The molecule has 0 aromatic heterocycles. The van der Waals surface area contributed by atoms with Gasteiger partial charge in [0.15, 0.2) is 0 Å². The van der Waals surface area contributed by atoms with E-state index in [2.05, 4.69) is 0 Å². The molecule has 0 aromatic rings. The summed E-state index contributed by atoms with van der Waals surface area (Å²) in [5.74, 6) is 0.167. The molecule has 66 valence electrons. The quantitative estimate of drug-likeness (QED) is 0.472. The molecule has 1 aliphatic rings. The third-order valence-electron chi connectivity index (χ3n) is 1.67. The van der Waals surface area contributed by atoms with Crippen LogP contribution in [0.1, 0.15) is 19.8 Å². The molecule has 1 saturated carbocycles. The van der Waals surface area contributed by atoms with Crippen LogP contribution >= 0.6 is 0 Å². The minimum absolute atomic E-state index is 0.0415. The molecule has 2 nitrogen and oxygen atoms in total. The summed E-state index contributed by atoms with van der Waals surface area (Å²) in [5.41, 5.74) is 0. The van der Waals surface area contributed by atoms with Crippen molar-refractivity contribution in [3.05, 3.63) is 24.3 Å². The smallest absolute Gasteiger partial charge is 0.309 e. The SMILES string of the molecule is CC=CC=CCOC(=O)C1CC1. The lowest BCUT2D eigenvalue weighted by Gasteiger charge is -1.97. The first-order chi connectivity index (χ1) is 5.84. The number of allylic oxidation sites excluding steroid dienone is 3. The van der Waals surface area contributed by atoms with Crippen LogP contribution in [0.5, 0.6) is 0 Å². The van der Waals surface area contributed by atoms with Gasteiger partial charge >= 0.3 is 5.97 Å². The van der Waals surface area contributed by atoms with Crippen molar-refractivity contribution in [2.24, 2.45) is 5.92 Å². The minimum atomic E-state index is -0.0415. The number of ether oxygens (including phenoxy) is 1. The molecule has 0 spiro atoms. The molecule has 0 radical (unpaired) electrons. The second-order valence-corrected chi connectivity index (χ2v) is 2.86. The summed E-state index contributed by atoms with van der Waals surface area (Å²) in [5, 5.41) is 0. The summed E-state index contributed by atoms with van der Waals surface area (Å²) < 4.78 is 4.95. The lowest BCUT2D eigenvalue weighted by atomic mass is 10.4. The third-order valence-corrected chi connectivity index (χ3v) is 1.67. The number of hydrogen-bond acceptors (Lipinski definition) is 2. The Balaban J connectivity index is 2.04. The van der Waals surface area contributed by atoms with Gasteiger partial charge in [-0.15, -0.1) is 0 Å². The summed E-state index contributed by atoms with van der Waals surface area (Å²) in [6, 6.07) is 0. The van der Waals surface area contributed by atoms with Crippen LogP contribution in [0, 0.1) is 5.92 Å². The molecule has 0 atom stereocenters. The average Bonchev–Trinajstić information content (AvgIpc) is 2.86. The van der Waals surface area contributed by atoms with Gasteiger partial charge in [-0.25, -0.2) is 0 Å². The molecular weight excluding hydrogens is 152 g/mol. The van der Waals surface area contributed by atoms with Crippen LogP contribution in [-0.4, -0.2) is 12.6 Å². The Morgan fingerprint density at radius 1 is 1.50 bits per heavy atom. The zero-order chi connectivity index (χ0) is 8.81. The van der Waals surface area contributed by atoms with Gasteiger partial charge in [0.2, 0.25) is 0 Å². The van der Waals surface area contributed by atoms with E-state index in [4.69, 9.17) is 4.74 Å². The highest BCUT2D eigenvalue weighted by Crippen LogP contribution is 2.29. The van der Waals surface area contributed by atoms with Crippen molar-refractivity contribution in [1.82, 2.24) is 0 Å². The second kappa shape index (κ2) is 4.75. The van der Waals surface area contributed by atoms with Crippen LogP contribution in [0.3, 0.4) is 0 Å². The molecule has 0 amide bonds.